The van der Waals surface area contributed by atoms with Crippen LogP contribution in [-0.2, 0) is 9.59 Å². The fourth-order valence-electron chi connectivity index (χ4n) is 4.25. The van der Waals surface area contributed by atoms with E-state index in [0.29, 0.717) is 19.0 Å². The predicted octanol–water partition coefficient (Wildman–Crippen LogP) is 0.875. The number of likely N-dealkylation sites (tertiary alicyclic amines) is 2. The molecular formula is C19H34N4O2. The van der Waals surface area contributed by atoms with Crippen molar-refractivity contribution in [2.24, 2.45) is 5.92 Å². The summed E-state index contributed by atoms with van der Waals surface area (Å²) in [5, 5.41) is 0. The van der Waals surface area contributed by atoms with Crippen molar-refractivity contribution < 1.29 is 9.59 Å². The molecule has 6 heteroatoms. The summed E-state index contributed by atoms with van der Waals surface area (Å²) >= 11 is 0. The molecule has 0 aromatic heterocycles. The number of hydrogen-bond acceptors (Lipinski definition) is 4. The van der Waals surface area contributed by atoms with Crippen LogP contribution < -0.4 is 0 Å². The van der Waals surface area contributed by atoms with Crippen molar-refractivity contribution in [3.8, 4) is 0 Å². The third kappa shape index (κ3) is 5.42. The predicted molar refractivity (Wildman–Crippen MR) is 98.3 cm³/mol. The van der Waals surface area contributed by atoms with E-state index in [2.05, 4.69) is 16.7 Å². The van der Waals surface area contributed by atoms with Gasteiger partial charge in [-0.3, -0.25) is 19.4 Å². The van der Waals surface area contributed by atoms with Gasteiger partial charge < -0.3 is 9.80 Å². The molecule has 2 amide bonds. The van der Waals surface area contributed by atoms with E-state index in [1.807, 2.05) is 9.80 Å². The van der Waals surface area contributed by atoms with Crippen molar-refractivity contribution >= 4 is 11.8 Å². The summed E-state index contributed by atoms with van der Waals surface area (Å²) in [6, 6.07) is 0. The molecule has 0 radical (unpaired) electrons. The van der Waals surface area contributed by atoms with Crippen LogP contribution in [0.15, 0.2) is 0 Å². The van der Waals surface area contributed by atoms with Gasteiger partial charge >= 0.3 is 0 Å². The summed E-state index contributed by atoms with van der Waals surface area (Å²) in [5.74, 6) is 1.20. The highest BCUT2D eigenvalue weighted by Crippen LogP contribution is 2.16. The number of amides is 2. The van der Waals surface area contributed by atoms with Crippen molar-refractivity contribution in [2.45, 2.75) is 39.0 Å². The van der Waals surface area contributed by atoms with Gasteiger partial charge in [0.1, 0.15) is 0 Å². The Balaban J connectivity index is 1.36. The van der Waals surface area contributed by atoms with Gasteiger partial charge in [-0.1, -0.05) is 6.92 Å². The first-order valence-electron chi connectivity index (χ1n) is 10.1. The minimum atomic E-state index is 0.282. The first-order chi connectivity index (χ1) is 12.1. The van der Waals surface area contributed by atoms with Gasteiger partial charge in [0, 0.05) is 52.4 Å². The number of hydrogen-bond donors (Lipinski definition) is 0. The van der Waals surface area contributed by atoms with Crippen LogP contribution in [0.3, 0.4) is 0 Å². The van der Waals surface area contributed by atoms with Crippen molar-refractivity contribution in [1.82, 2.24) is 19.6 Å². The zero-order chi connectivity index (χ0) is 17.6. The smallest absolute Gasteiger partial charge is 0.236 e. The molecule has 6 nitrogen and oxygen atoms in total. The summed E-state index contributed by atoms with van der Waals surface area (Å²) < 4.78 is 0. The molecule has 0 N–H and O–H groups in total. The minimum absolute atomic E-state index is 0.282. The van der Waals surface area contributed by atoms with Crippen molar-refractivity contribution in [1.29, 1.82) is 0 Å². The summed E-state index contributed by atoms with van der Waals surface area (Å²) in [6.45, 7) is 10.6. The van der Waals surface area contributed by atoms with Crippen LogP contribution in [0.1, 0.15) is 39.0 Å². The maximum atomic E-state index is 12.5. The lowest BCUT2D eigenvalue weighted by atomic mass is 10.0. The quantitative estimate of drug-likeness (QED) is 0.755. The van der Waals surface area contributed by atoms with Gasteiger partial charge in [0.25, 0.3) is 0 Å². The van der Waals surface area contributed by atoms with Gasteiger partial charge in [-0.2, -0.15) is 0 Å². The Morgan fingerprint density at radius 3 is 1.80 bits per heavy atom. The van der Waals surface area contributed by atoms with Crippen LogP contribution in [0, 0.1) is 5.92 Å². The molecule has 142 valence electrons. The lowest BCUT2D eigenvalue weighted by Crippen LogP contribution is -2.53. The average molecular weight is 351 g/mol. The maximum Gasteiger partial charge on any atom is 0.236 e. The highest BCUT2D eigenvalue weighted by molar-refractivity contribution is 5.79. The zero-order valence-corrected chi connectivity index (χ0v) is 15.8. The van der Waals surface area contributed by atoms with Gasteiger partial charge in [-0.25, -0.2) is 0 Å². The van der Waals surface area contributed by atoms with Crippen LogP contribution in [0.25, 0.3) is 0 Å². The molecule has 3 heterocycles. The standard InChI is InChI=1S/C19H34N4O2/c1-17-6-5-9-23(14-17)19(25)16-21-12-10-20(11-13-21)15-18(24)22-7-3-2-4-8-22/h17H,2-16H2,1H3. The normalized spacial score (nSPS) is 26.7. The molecule has 0 saturated carbocycles. The number of rotatable bonds is 4. The SMILES string of the molecule is CC1CCCN(C(=O)CN2CCN(CC(=O)N3CCCCC3)CC2)C1. The number of carbonyl (C=O) groups is 2. The molecule has 3 saturated heterocycles. The fourth-order valence-corrected chi connectivity index (χ4v) is 4.25. The van der Waals surface area contributed by atoms with E-state index in [9.17, 15) is 9.59 Å². The molecule has 0 spiro atoms. The van der Waals surface area contributed by atoms with E-state index < -0.39 is 0 Å². The number of piperazine rings is 1. The monoisotopic (exact) mass is 350 g/mol. The molecule has 3 rings (SSSR count). The van der Waals surface area contributed by atoms with Crippen molar-refractivity contribution in [2.75, 3.05) is 65.4 Å². The van der Waals surface area contributed by atoms with Crippen LogP contribution >= 0.6 is 0 Å². The third-order valence-electron chi connectivity index (χ3n) is 5.90. The Morgan fingerprint density at radius 2 is 1.24 bits per heavy atom. The van der Waals surface area contributed by atoms with Crippen LogP contribution in [-0.4, -0.2) is 96.9 Å². The second kappa shape index (κ2) is 8.99. The first-order valence-corrected chi connectivity index (χ1v) is 10.1. The van der Waals surface area contributed by atoms with Gasteiger partial charge in [0.15, 0.2) is 0 Å². The lowest BCUT2D eigenvalue weighted by molar-refractivity contribution is -0.136. The van der Waals surface area contributed by atoms with E-state index in [1.165, 1.54) is 12.8 Å². The molecule has 3 aliphatic heterocycles. The van der Waals surface area contributed by atoms with Gasteiger partial charge in [-0.05, 0) is 38.0 Å². The first kappa shape index (κ1) is 18.6. The van der Waals surface area contributed by atoms with Crippen LogP contribution in [0.4, 0.5) is 0 Å². The molecule has 25 heavy (non-hydrogen) atoms. The second-order valence-electron chi connectivity index (χ2n) is 8.08. The summed E-state index contributed by atoms with van der Waals surface area (Å²) in [5.41, 5.74) is 0. The Bertz CT molecular complexity index is 456. The number of piperidine rings is 2. The molecule has 1 unspecified atom stereocenters. The Morgan fingerprint density at radius 1 is 0.720 bits per heavy atom. The largest absolute Gasteiger partial charge is 0.342 e. The van der Waals surface area contributed by atoms with E-state index >= 15 is 0 Å². The highest BCUT2D eigenvalue weighted by Gasteiger charge is 2.26. The fraction of sp³-hybridized carbons (Fsp3) is 0.895. The summed E-state index contributed by atoms with van der Waals surface area (Å²) in [4.78, 5) is 33.4. The Hall–Kier alpha value is -1.14. The zero-order valence-electron chi connectivity index (χ0n) is 15.8. The summed E-state index contributed by atoms with van der Waals surface area (Å²) in [7, 11) is 0. The number of nitrogens with zero attached hydrogens (tertiary/aromatic N) is 4. The summed E-state index contributed by atoms with van der Waals surface area (Å²) in [6.07, 6.45) is 5.94. The third-order valence-corrected chi connectivity index (χ3v) is 5.90. The molecule has 3 aliphatic rings. The van der Waals surface area contributed by atoms with Crippen LogP contribution in [0.2, 0.25) is 0 Å². The van der Waals surface area contributed by atoms with E-state index in [0.717, 1.165) is 71.6 Å². The topological polar surface area (TPSA) is 47.1 Å². The molecule has 1 atom stereocenters. The van der Waals surface area contributed by atoms with Crippen molar-refractivity contribution in [3.63, 3.8) is 0 Å². The molecule has 0 bridgehead atoms. The maximum absolute atomic E-state index is 12.5. The molecular weight excluding hydrogens is 316 g/mol. The van der Waals surface area contributed by atoms with Crippen LogP contribution in [0.5, 0.6) is 0 Å². The highest BCUT2D eigenvalue weighted by atomic mass is 16.2. The molecule has 3 fully saturated rings. The molecule has 0 aromatic rings. The second-order valence-corrected chi connectivity index (χ2v) is 8.08. The molecule has 0 aromatic carbocycles. The number of carbonyl (C=O) groups excluding carboxylic acids is 2. The van der Waals surface area contributed by atoms with Gasteiger partial charge in [0.2, 0.25) is 11.8 Å². The van der Waals surface area contributed by atoms with E-state index in [-0.39, 0.29) is 11.8 Å². The van der Waals surface area contributed by atoms with Gasteiger partial charge in [-0.15, -0.1) is 0 Å². The lowest BCUT2D eigenvalue weighted by Gasteiger charge is -2.37. The van der Waals surface area contributed by atoms with E-state index in [1.54, 1.807) is 0 Å². The minimum Gasteiger partial charge on any atom is -0.342 e. The average Bonchev–Trinajstić information content (AvgIpc) is 2.64. The van der Waals surface area contributed by atoms with Crippen molar-refractivity contribution in [3.05, 3.63) is 0 Å². The Labute approximate surface area is 152 Å². The Kier molecular flexibility index (Phi) is 6.70. The van der Waals surface area contributed by atoms with Gasteiger partial charge in [0.05, 0.1) is 13.1 Å². The molecule has 0 aliphatic carbocycles. The van der Waals surface area contributed by atoms with E-state index in [4.69, 9.17) is 0 Å².